The van der Waals surface area contributed by atoms with E-state index in [1.807, 2.05) is 30.3 Å². The highest BCUT2D eigenvalue weighted by Crippen LogP contribution is 2.23. The molecule has 3 aromatic rings. The van der Waals surface area contributed by atoms with Gasteiger partial charge in [-0.05, 0) is 23.8 Å². The summed E-state index contributed by atoms with van der Waals surface area (Å²) in [4.78, 5) is 26.4. The fourth-order valence-corrected chi connectivity index (χ4v) is 2.29. The molecule has 2 aromatic carbocycles. The normalized spacial score (nSPS) is 10.6. The summed E-state index contributed by atoms with van der Waals surface area (Å²) in [5, 5.41) is 4.56. The highest BCUT2D eigenvalue weighted by atomic mass is 35.5. The molecule has 1 N–H and O–H groups in total. The van der Waals surface area contributed by atoms with Gasteiger partial charge >= 0.3 is 11.7 Å². The van der Waals surface area contributed by atoms with E-state index in [1.54, 1.807) is 6.07 Å². The second-order valence-corrected chi connectivity index (χ2v) is 5.67. The van der Waals surface area contributed by atoms with Crippen LogP contribution < -0.4 is 5.69 Å². The number of benzene rings is 2. The fourth-order valence-electron chi connectivity index (χ4n) is 2.00. The van der Waals surface area contributed by atoms with E-state index in [-0.39, 0.29) is 17.5 Å². The first-order valence-corrected chi connectivity index (χ1v) is 7.66. The predicted octanol–water partition coefficient (Wildman–Crippen LogP) is 3.22. The first-order chi connectivity index (χ1) is 11.5. The van der Waals surface area contributed by atoms with Crippen molar-refractivity contribution in [3.05, 3.63) is 80.4 Å². The van der Waals surface area contributed by atoms with Gasteiger partial charge in [-0.25, -0.2) is 9.59 Å². The van der Waals surface area contributed by atoms with Gasteiger partial charge in [0.05, 0.1) is 15.7 Å². The summed E-state index contributed by atoms with van der Waals surface area (Å²) < 4.78 is 6.14. The lowest BCUT2D eigenvalue weighted by Crippen LogP contribution is -2.15. The van der Waals surface area contributed by atoms with Crippen LogP contribution in [0.5, 0.6) is 0 Å². The number of hydrogen-bond donors (Lipinski definition) is 1. The second-order valence-electron chi connectivity index (χ2n) is 4.85. The standard InChI is InChI=1S/C16H11Cl2N3O3/c17-12-7-6-11(8-13(12)18)21-16(23)19-14(20-21)15(22)24-9-10-4-2-1-3-5-10/h1-8H,9H2,(H,19,20,23). The van der Waals surface area contributed by atoms with Crippen molar-refractivity contribution in [1.82, 2.24) is 14.8 Å². The highest BCUT2D eigenvalue weighted by Gasteiger charge is 2.16. The van der Waals surface area contributed by atoms with Crippen molar-refractivity contribution < 1.29 is 9.53 Å². The van der Waals surface area contributed by atoms with Crippen LogP contribution in [0.4, 0.5) is 0 Å². The fraction of sp³-hybridized carbons (Fsp3) is 0.0625. The molecule has 0 fully saturated rings. The molecule has 0 saturated carbocycles. The van der Waals surface area contributed by atoms with Crippen LogP contribution in [0.15, 0.2) is 53.3 Å². The van der Waals surface area contributed by atoms with Gasteiger partial charge in [-0.3, -0.25) is 4.98 Å². The average molecular weight is 364 g/mol. The van der Waals surface area contributed by atoms with E-state index in [1.165, 1.54) is 12.1 Å². The summed E-state index contributed by atoms with van der Waals surface area (Å²) in [6.07, 6.45) is 0. The van der Waals surface area contributed by atoms with Gasteiger partial charge in [-0.1, -0.05) is 53.5 Å². The van der Waals surface area contributed by atoms with Crippen molar-refractivity contribution in [2.24, 2.45) is 0 Å². The summed E-state index contributed by atoms with van der Waals surface area (Å²) >= 11 is 11.8. The Hall–Kier alpha value is -2.57. The number of carbonyl (C=O) groups is 1. The number of hydrogen-bond acceptors (Lipinski definition) is 4. The molecular formula is C16H11Cl2N3O3. The van der Waals surface area contributed by atoms with E-state index < -0.39 is 11.7 Å². The molecule has 8 heteroatoms. The molecule has 1 aromatic heterocycles. The average Bonchev–Trinajstić information content (AvgIpc) is 2.98. The van der Waals surface area contributed by atoms with Gasteiger partial charge in [-0.2, -0.15) is 4.68 Å². The van der Waals surface area contributed by atoms with E-state index in [2.05, 4.69) is 10.1 Å². The SMILES string of the molecule is O=C(OCc1ccccc1)c1nn(-c2ccc(Cl)c(Cl)c2)c(=O)[nH]1. The molecule has 6 nitrogen and oxygen atoms in total. The number of H-pyrrole nitrogens is 1. The monoisotopic (exact) mass is 363 g/mol. The van der Waals surface area contributed by atoms with Crippen LogP contribution >= 0.6 is 23.2 Å². The van der Waals surface area contributed by atoms with Gasteiger partial charge in [0, 0.05) is 0 Å². The van der Waals surface area contributed by atoms with Crippen LogP contribution in [0, 0.1) is 0 Å². The number of ether oxygens (including phenoxy) is 1. The van der Waals surface area contributed by atoms with Crippen molar-refractivity contribution in [3.8, 4) is 5.69 Å². The minimum absolute atomic E-state index is 0.0847. The van der Waals surface area contributed by atoms with Crippen LogP contribution in [-0.2, 0) is 11.3 Å². The number of carbonyl (C=O) groups excluding carboxylic acids is 1. The van der Waals surface area contributed by atoms with Gasteiger partial charge in [0.15, 0.2) is 0 Å². The molecule has 1 heterocycles. The third-order valence-corrected chi connectivity index (χ3v) is 3.91. The molecule has 0 saturated heterocycles. The van der Waals surface area contributed by atoms with Crippen molar-refractivity contribution >= 4 is 29.2 Å². The Morgan fingerprint density at radius 3 is 2.58 bits per heavy atom. The maximum atomic E-state index is 12.0. The molecule has 122 valence electrons. The topological polar surface area (TPSA) is 77.0 Å². The Morgan fingerprint density at radius 2 is 1.88 bits per heavy atom. The Balaban J connectivity index is 1.79. The summed E-state index contributed by atoms with van der Waals surface area (Å²) in [6, 6.07) is 13.8. The molecular weight excluding hydrogens is 353 g/mol. The zero-order valence-electron chi connectivity index (χ0n) is 12.2. The van der Waals surface area contributed by atoms with Crippen LogP contribution in [0.1, 0.15) is 16.2 Å². The number of halogens is 2. The lowest BCUT2D eigenvalue weighted by Gasteiger charge is -2.02. The summed E-state index contributed by atoms with van der Waals surface area (Å²) in [6.45, 7) is 0.0847. The van der Waals surface area contributed by atoms with Crippen molar-refractivity contribution in [2.75, 3.05) is 0 Å². The Kier molecular flexibility index (Phi) is 4.69. The van der Waals surface area contributed by atoms with Gasteiger partial charge in [0.1, 0.15) is 6.61 Å². The molecule has 0 aliphatic carbocycles. The van der Waals surface area contributed by atoms with E-state index >= 15 is 0 Å². The lowest BCUT2D eigenvalue weighted by atomic mass is 10.2. The summed E-state index contributed by atoms with van der Waals surface area (Å²) in [5.41, 5.74) is 0.630. The maximum absolute atomic E-state index is 12.0. The van der Waals surface area contributed by atoms with E-state index in [0.717, 1.165) is 10.2 Å². The van der Waals surface area contributed by atoms with Crippen LogP contribution in [-0.4, -0.2) is 20.7 Å². The predicted molar refractivity (Wildman–Crippen MR) is 89.8 cm³/mol. The maximum Gasteiger partial charge on any atom is 0.376 e. The Labute approximate surface area is 146 Å². The Bertz CT molecular complexity index is 935. The quantitative estimate of drug-likeness (QED) is 0.721. The van der Waals surface area contributed by atoms with E-state index in [9.17, 15) is 9.59 Å². The molecule has 0 bridgehead atoms. The first-order valence-electron chi connectivity index (χ1n) is 6.90. The summed E-state index contributed by atoms with van der Waals surface area (Å²) in [5.74, 6) is -0.920. The smallest absolute Gasteiger partial charge is 0.376 e. The van der Waals surface area contributed by atoms with Crippen molar-refractivity contribution in [3.63, 3.8) is 0 Å². The number of aromatic amines is 1. The minimum Gasteiger partial charge on any atom is -0.455 e. The van der Waals surface area contributed by atoms with Gasteiger partial charge < -0.3 is 4.74 Å². The van der Waals surface area contributed by atoms with Crippen LogP contribution in [0.25, 0.3) is 5.69 Å². The molecule has 0 aliphatic heterocycles. The third-order valence-electron chi connectivity index (χ3n) is 3.17. The van der Waals surface area contributed by atoms with Crippen molar-refractivity contribution in [2.45, 2.75) is 6.61 Å². The number of rotatable bonds is 4. The van der Waals surface area contributed by atoms with Gasteiger partial charge in [0.25, 0.3) is 0 Å². The second kappa shape index (κ2) is 6.90. The van der Waals surface area contributed by atoms with E-state index in [0.29, 0.717) is 10.7 Å². The zero-order chi connectivity index (χ0) is 17.1. The third kappa shape index (κ3) is 3.50. The molecule has 0 spiro atoms. The number of nitrogens with one attached hydrogen (secondary N) is 1. The van der Waals surface area contributed by atoms with Crippen LogP contribution in [0.3, 0.4) is 0 Å². The van der Waals surface area contributed by atoms with Crippen LogP contribution in [0.2, 0.25) is 10.0 Å². The highest BCUT2D eigenvalue weighted by molar-refractivity contribution is 6.42. The largest absolute Gasteiger partial charge is 0.455 e. The molecule has 0 aliphatic rings. The molecule has 0 unspecified atom stereocenters. The molecule has 0 radical (unpaired) electrons. The molecule has 0 amide bonds. The number of aromatic nitrogens is 3. The molecule has 0 atom stereocenters. The lowest BCUT2D eigenvalue weighted by molar-refractivity contribution is 0.0458. The van der Waals surface area contributed by atoms with Gasteiger partial charge in [-0.15, -0.1) is 5.10 Å². The van der Waals surface area contributed by atoms with E-state index in [4.69, 9.17) is 27.9 Å². The van der Waals surface area contributed by atoms with Crippen molar-refractivity contribution in [1.29, 1.82) is 0 Å². The van der Waals surface area contributed by atoms with Gasteiger partial charge in [0.2, 0.25) is 5.82 Å². The number of esters is 1. The number of nitrogens with zero attached hydrogens (tertiary/aromatic N) is 2. The first kappa shape index (κ1) is 16.3. The zero-order valence-corrected chi connectivity index (χ0v) is 13.7. The Morgan fingerprint density at radius 1 is 1.12 bits per heavy atom. The molecule has 3 rings (SSSR count). The minimum atomic E-state index is -0.727. The summed E-state index contributed by atoms with van der Waals surface area (Å²) in [7, 11) is 0. The molecule has 24 heavy (non-hydrogen) atoms.